The van der Waals surface area contributed by atoms with Crippen molar-refractivity contribution >= 4 is 34.9 Å². The zero-order valence-electron chi connectivity index (χ0n) is 17.7. The maximum atomic E-state index is 13.3. The minimum atomic E-state index is -0.926. The zero-order valence-corrected chi connectivity index (χ0v) is 17.7. The number of benzene rings is 3. The van der Waals surface area contributed by atoms with E-state index in [1.807, 2.05) is 0 Å². The lowest BCUT2D eigenvalue weighted by molar-refractivity contribution is -0.385. The number of amides is 3. The summed E-state index contributed by atoms with van der Waals surface area (Å²) in [7, 11) is 0. The summed E-state index contributed by atoms with van der Waals surface area (Å²) < 4.78 is 0. The van der Waals surface area contributed by atoms with E-state index in [2.05, 4.69) is 0 Å². The van der Waals surface area contributed by atoms with Crippen molar-refractivity contribution in [3.05, 3.63) is 115 Å². The Hall–Kier alpha value is -5.26. The van der Waals surface area contributed by atoms with Crippen molar-refractivity contribution in [1.29, 1.82) is 0 Å². The summed E-state index contributed by atoms with van der Waals surface area (Å²) in [5.41, 5.74) is -0.544. The average Bonchev–Trinajstić information content (AvgIpc) is 3.12. The van der Waals surface area contributed by atoms with Crippen molar-refractivity contribution in [2.45, 2.75) is 0 Å². The molecule has 1 heterocycles. The van der Waals surface area contributed by atoms with Gasteiger partial charge >= 0.3 is 0 Å². The Morgan fingerprint density at radius 2 is 1.14 bits per heavy atom. The Labute approximate surface area is 196 Å². The van der Waals surface area contributed by atoms with Crippen molar-refractivity contribution in [1.82, 2.24) is 10.0 Å². The molecule has 12 heteroatoms. The molecule has 4 rings (SSSR count). The first kappa shape index (κ1) is 22.9. The Bertz CT molecular complexity index is 1360. The minimum Gasteiger partial charge on any atom is -0.292 e. The first-order valence-corrected chi connectivity index (χ1v) is 10.0. The smallest absolute Gasteiger partial charge is 0.280 e. The van der Waals surface area contributed by atoms with Gasteiger partial charge in [-0.1, -0.05) is 12.1 Å². The Morgan fingerprint density at radius 3 is 1.57 bits per heavy atom. The van der Waals surface area contributed by atoms with Crippen LogP contribution in [0.1, 0.15) is 41.4 Å². The lowest BCUT2D eigenvalue weighted by Crippen LogP contribution is -2.51. The van der Waals surface area contributed by atoms with Gasteiger partial charge in [0.25, 0.3) is 29.1 Å². The number of Topliss-reactive ketones (excluding diaryl/α,β-unsaturated/α-hetero) is 1. The highest BCUT2D eigenvalue weighted by Gasteiger charge is 2.42. The first-order valence-electron chi connectivity index (χ1n) is 10.0. The number of rotatable bonds is 7. The van der Waals surface area contributed by atoms with Gasteiger partial charge in [0.2, 0.25) is 0 Å². The quantitative estimate of drug-likeness (QED) is 0.218. The van der Waals surface area contributed by atoms with E-state index in [0.717, 1.165) is 36.4 Å². The van der Waals surface area contributed by atoms with Crippen molar-refractivity contribution in [3.63, 3.8) is 0 Å². The largest absolute Gasteiger partial charge is 0.292 e. The van der Waals surface area contributed by atoms with Gasteiger partial charge in [-0.2, -0.15) is 5.01 Å². The monoisotopic (exact) mass is 474 g/mol. The SMILES string of the molecule is O=C(CN(C(=O)c1ccc([N+](=O)[O-])cc1)N1C(=O)c2ccccc2C1=O)c1ccc([N+](=O)[O-])cc1. The Kier molecular flexibility index (Phi) is 5.85. The number of nitro benzene ring substituents is 2. The molecule has 3 aromatic rings. The number of imide groups is 1. The highest BCUT2D eigenvalue weighted by Crippen LogP contribution is 2.26. The van der Waals surface area contributed by atoms with Gasteiger partial charge in [0, 0.05) is 35.4 Å². The topological polar surface area (TPSA) is 161 Å². The predicted octanol–water partition coefficient (Wildman–Crippen LogP) is 3.04. The van der Waals surface area contributed by atoms with Crippen LogP contribution in [0.2, 0.25) is 0 Å². The number of hydrazine groups is 1. The third-order valence-electron chi connectivity index (χ3n) is 5.27. The summed E-state index contributed by atoms with van der Waals surface area (Å²) in [6, 6.07) is 14.9. The van der Waals surface area contributed by atoms with Crippen LogP contribution in [0, 0.1) is 20.2 Å². The first-order chi connectivity index (χ1) is 16.7. The predicted molar refractivity (Wildman–Crippen MR) is 119 cm³/mol. The van der Waals surface area contributed by atoms with Crippen LogP contribution in [-0.4, -0.2) is 49.9 Å². The highest BCUT2D eigenvalue weighted by atomic mass is 16.6. The van der Waals surface area contributed by atoms with E-state index in [4.69, 9.17) is 0 Å². The second-order valence-corrected chi connectivity index (χ2v) is 7.36. The second kappa shape index (κ2) is 8.94. The lowest BCUT2D eigenvalue weighted by Gasteiger charge is -2.29. The molecule has 0 bridgehead atoms. The number of nitrogens with zero attached hydrogens (tertiary/aromatic N) is 4. The van der Waals surface area contributed by atoms with E-state index in [9.17, 15) is 39.4 Å². The van der Waals surface area contributed by atoms with Crippen LogP contribution in [0.3, 0.4) is 0 Å². The number of fused-ring (bicyclic) bond motifs is 1. The number of hydrogen-bond donors (Lipinski definition) is 0. The maximum Gasteiger partial charge on any atom is 0.280 e. The van der Waals surface area contributed by atoms with E-state index in [0.29, 0.717) is 10.0 Å². The number of non-ortho nitro benzene ring substituents is 2. The number of nitro groups is 2. The Morgan fingerprint density at radius 1 is 0.714 bits per heavy atom. The fourth-order valence-electron chi connectivity index (χ4n) is 3.50. The number of hydrogen-bond acceptors (Lipinski definition) is 8. The summed E-state index contributed by atoms with van der Waals surface area (Å²) in [6.45, 7) is -0.751. The van der Waals surface area contributed by atoms with E-state index in [1.54, 1.807) is 0 Å². The van der Waals surface area contributed by atoms with Crippen LogP contribution in [0.4, 0.5) is 11.4 Å². The molecule has 0 atom stereocenters. The third kappa shape index (κ3) is 4.23. The van der Waals surface area contributed by atoms with E-state index in [-0.39, 0.29) is 33.6 Å². The molecule has 174 valence electrons. The maximum absolute atomic E-state index is 13.3. The van der Waals surface area contributed by atoms with Gasteiger partial charge in [0.05, 0.1) is 21.0 Å². The second-order valence-electron chi connectivity index (χ2n) is 7.36. The van der Waals surface area contributed by atoms with Gasteiger partial charge in [0.1, 0.15) is 6.54 Å². The molecule has 0 saturated carbocycles. The van der Waals surface area contributed by atoms with Gasteiger partial charge in [-0.15, -0.1) is 0 Å². The molecular formula is C23H14N4O8. The van der Waals surface area contributed by atoms with Crippen molar-refractivity contribution in [2.24, 2.45) is 0 Å². The molecule has 1 aliphatic heterocycles. The van der Waals surface area contributed by atoms with Crippen LogP contribution in [-0.2, 0) is 0 Å². The Balaban J connectivity index is 1.70. The molecular weight excluding hydrogens is 460 g/mol. The van der Waals surface area contributed by atoms with Crippen LogP contribution < -0.4 is 0 Å². The van der Waals surface area contributed by atoms with Gasteiger partial charge in [-0.25, -0.2) is 5.01 Å². The summed E-state index contributed by atoms with van der Waals surface area (Å²) in [5.74, 6) is -3.27. The molecule has 0 saturated heterocycles. The highest BCUT2D eigenvalue weighted by molar-refractivity contribution is 6.22. The van der Waals surface area contributed by atoms with Crippen LogP contribution >= 0.6 is 0 Å². The molecule has 0 fully saturated rings. The van der Waals surface area contributed by atoms with E-state index < -0.39 is 39.9 Å². The molecule has 0 radical (unpaired) electrons. The fourth-order valence-corrected chi connectivity index (χ4v) is 3.50. The summed E-state index contributed by atoms with van der Waals surface area (Å²) in [4.78, 5) is 72.8. The number of carbonyl (C=O) groups is 4. The van der Waals surface area contributed by atoms with Crippen molar-refractivity contribution < 1.29 is 29.0 Å². The average molecular weight is 474 g/mol. The molecule has 3 aromatic carbocycles. The van der Waals surface area contributed by atoms with Gasteiger partial charge in [0.15, 0.2) is 5.78 Å². The van der Waals surface area contributed by atoms with Crippen LogP contribution in [0.25, 0.3) is 0 Å². The van der Waals surface area contributed by atoms with Gasteiger partial charge in [-0.05, 0) is 36.4 Å². The summed E-state index contributed by atoms with van der Waals surface area (Å²) in [5, 5.41) is 23.0. The summed E-state index contributed by atoms with van der Waals surface area (Å²) in [6.07, 6.45) is 0. The van der Waals surface area contributed by atoms with Crippen LogP contribution in [0.15, 0.2) is 72.8 Å². The molecule has 12 nitrogen and oxygen atoms in total. The molecule has 0 aliphatic carbocycles. The minimum absolute atomic E-state index is 0.00806. The molecule has 0 aromatic heterocycles. The van der Waals surface area contributed by atoms with Crippen molar-refractivity contribution in [3.8, 4) is 0 Å². The van der Waals surface area contributed by atoms with E-state index >= 15 is 0 Å². The fraction of sp³-hybridized carbons (Fsp3) is 0.0435. The zero-order chi connectivity index (χ0) is 25.3. The van der Waals surface area contributed by atoms with E-state index in [1.165, 1.54) is 36.4 Å². The molecule has 0 N–H and O–H groups in total. The van der Waals surface area contributed by atoms with Gasteiger partial charge in [-0.3, -0.25) is 39.4 Å². The number of ketones is 1. The van der Waals surface area contributed by atoms with Gasteiger partial charge < -0.3 is 0 Å². The number of carbonyl (C=O) groups excluding carboxylic acids is 4. The third-order valence-corrected chi connectivity index (χ3v) is 5.27. The molecule has 0 unspecified atom stereocenters. The molecule has 3 amide bonds. The van der Waals surface area contributed by atoms with Crippen molar-refractivity contribution in [2.75, 3.05) is 6.54 Å². The summed E-state index contributed by atoms with van der Waals surface area (Å²) >= 11 is 0. The normalized spacial score (nSPS) is 12.3. The molecule has 0 spiro atoms. The van der Waals surface area contributed by atoms with Crippen LogP contribution in [0.5, 0.6) is 0 Å². The molecule has 1 aliphatic rings. The lowest BCUT2D eigenvalue weighted by atomic mass is 10.1. The molecule has 35 heavy (non-hydrogen) atoms. The standard InChI is InChI=1S/C23H14N4O8/c28-20(14-5-9-16(10-6-14)26(32)33)13-24(21(29)15-7-11-17(12-8-15)27(34)35)25-22(30)18-3-1-2-4-19(18)23(25)31/h1-12H,13H2.